The zero-order chi connectivity index (χ0) is 14.7. The van der Waals surface area contributed by atoms with Gasteiger partial charge in [0.25, 0.3) is 0 Å². The van der Waals surface area contributed by atoms with E-state index >= 15 is 0 Å². The quantitative estimate of drug-likeness (QED) is 0.501. The van der Waals surface area contributed by atoms with Gasteiger partial charge in [0, 0.05) is 6.04 Å². The summed E-state index contributed by atoms with van der Waals surface area (Å²) in [5.41, 5.74) is 3.02. The van der Waals surface area contributed by atoms with E-state index in [9.17, 15) is 13.2 Å². The minimum atomic E-state index is -1.43. The van der Waals surface area contributed by atoms with Gasteiger partial charge in [-0.1, -0.05) is 26.2 Å². The van der Waals surface area contributed by atoms with Gasteiger partial charge in [0.05, 0.1) is 0 Å². The molecular formula is C15H21F3N2. The Kier molecular flexibility index (Phi) is 5.05. The molecule has 0 bridgehead atoms. The van der Waals surface area contributed by atoms with E-state index in [1.165, 1.54) is 0 Å². The van der Waals surface area contributed by atoms with Crippen LogP contribution in [0.5, 0.6) is 0 Å². The van der Waals surface area contributed by atoms with Gasteiger partial charge in [0.2, 0.25) is 0 Å². The third-order valence-corrected chi connectivity index (χ3v) is 4.48. The molecule has 1 aliphatic rings. The molecule has 20 heavy (non-hydrogen) atoms. The molecule has 1 aromatic carbocycles. The second-order valence-electron chi connectivity index (χ2n) is 5.63. The van der Waals surface area contributed by atoms with E-state index < -0.39 is 17.5 Å². The lowest BCUT2D eigenvalue weighted by Crippen LogP contribution is -2.35. The van der Waals surface area contributed by atoms with Crippen LogP contribution in [-0.2, 0) is 0 Å². The summed E-state index contributed by atoms with van der Waals surface area (Å²) in [6.07, 6.45) is 5.30. The van der Waals surface area contributed by atoms with Crippen molar-refractivity contribution in [2.45, 2.75) is 45.1 Å². The van der Waals surface area contributed by atoms with Crippen LogP contribution in [0.3, 0.4) is 0 Å². The van der Waals surface area contributed by atoms with Gasteiger partial charge >= 0.3 is 0 Å². The fourth-order valence-electron chi connectivity index (χ4n) is 3.19. The Balaban J connectivity index is 2.16. The van der Waals surface area contributed by atoms with Crippen molar-refractivity contribution < 1.29 is 13.2 Å². The summed E-state index contributed by atoms with van der Waals surface area (Å²) >= 11 is 0. The van der Waals surface area contributed by atoms with Crippen LogP contribution in [0.1, 0.15) is 50.6 Å². The van der Waals surface area contributed by atoms with Crippen molar-refractivity contribution in [3.8, 4) is 0 Å². The van der Waals surface area contributed by atoms with Crippen LogP contribution in [0.4, 0.5) is 13.2 Å². The predicted octanol–water partition coefficient (Wildman–Crippen LogP) is 3.82. The summed E-state index contributed by atoms with van der Waals surface area (Å²) in [5, 5.41) is 0. The summed E-state index contributed by atoms with van der Waals surface area (Å²) in [6.45, 7) is 2.17. The molecular weight excluding hydrogens is 265 g/mol. The van der Waals surface area contributed by atoms with Crippen LogP contribution in [-0.4, -0.2) is 0 Å². The number of hydrogen-bond donors (Lipinski definition) is 2. The Morgan fingerprint density at radius 1 is 1.15 bits per heavy atom. The number of hydrogen-bond acceptors (Lipinski definition) is 2. The zero-order valence-electron chi connectivity index (χ0n) is 11.6. The molecule has 3 N–H and O–H groups in total. The highest BCUT2D eigenvalue weighted by Crippen LogP contribution is 2.38. The summed E-state index contributed by atoms with van der Waals surface area (Å²) < 4.78 is 39.7. The molecule has 1 saturated carbocycles. The van der Waals surface area contributed by atoms with Crippen LogP contribution in [0, 0.1) is 29.3 Å². The molecule has 1 fully saturated rings. The fourth-order valence-corrected chi connectivity index (χ4v) is 3.19. The van der Waals surface area contributed by atoms with Gasteiger partial charge < -0.3 is 0 Å². The Morgan fingerprint density at radius 3 is 2.15 bits per heavy atom. The van der Waals surface area contributed by atoms with Gasteiger partial charge in [-0.15, -0.1) is 0 Å². The number of hydrazine groups is 1. The molecule has 0 aromatic heterocycles. The highest BCUT2D eigenvalue weighted by Gasteiger charge is 2.28. The van der Waals surface area contributed by atoms with Crippen LogP contribution in [0.25, 0.3) is 0 Å². The second-order valence-corrected chi connectivity index (χ2v) is 5.63. The minimum absolute atomic E-state index is 0.229. The Labute approximate surface area is 117 Å². The van der Waals surface area contributed by atoms with Crippen molar-refractivity contribution in [3.63, 3.8) is 0 Å². The molecule has 0 aliphatic heterocycles. The molecule has 0 heterocycles. The molecule has 0 radical (unpaired) electrons. The Morgan fingerprint density at radius 2 is 1.70 bits per heavy atom. The second kappa shape index (κ2) is 6.59. The summed E-state index contributed by atoms with van der Waals surface area (Å²) in [6, 6.07) is 1.74. The lowest BCUT2D eigenvalue weighted by atomic mass is 9.76. The maximum atomic E-state index is 13.3. The molecule has 5 heteroatoms. The highest BCUT2D eigenvalue weighted by atomic mass is 19.2. The molecule has 1 atom stereocenters. The molecule has 1 aliphatic carbocycles. The van der Waals surface area contributed by atoms with E-state index in [-0.39, 0.29) is 12.0 Å². The number of benzene rings is 1. The molecule has 0 saturated heterocycles. The maximum absolute atomic E-state index is 13.3. The third kappa shape index (κ3) is 3.15. The van der Waals surface area contributed by atoms with Gasteiger partial charge in [-0.3, -0.25) is 11.3 Å². The first kappa shape index (κ1) is 15.3. The van der Waals surface area contributed by atoms with E-state index in [0.29, 0.717) is 5.56 Å². The van der Waals surface area contributed by atoms with Crippen molar-refractivity contribution in [1.82, 2.24) is 5.43 Å². The molecule has 112 valence electrons. The van der Waals surface area contributed by atoms with E-state index in [1.807, 2.05) is 0 Å². The summed E-state index contributed by atoms with van der Waals surface area (Å²) in [5.74, 6) is 2.75. The van der Waals surface area contributed by atoms with Crippen molar-refractivity contribution in [2.75, 3.05) is 0 Å². The van der Waals surface area contributed by atoms with Gasteiger partial charge in [-0.2, -0.15) is 0 Å². The van der Waals surface area contributed by atoms with E-state index in [2.05, 4.69) is 12.3 Å². The largest absolute Gasteiger partial charge is 0.271 e. The predicted molar refractivity (Wildman–Crippen MR) is 72.1 cm³/mol. The van der Waals surface area contributed by atoms with Gasteiger partial charge in [0.15, 0.2) is 17.5 Å². The SMILES string of the molecule is CCC1CCC(C(NN)c2cc(F)c(F)c(F)c2)CC1. The standard InChI is InChI=1S/C15H21F3N2/c1-2-9-3-5-10(6-4-9)15(20-19)11-7-12(16)14(18)13(17)8-11/h7-10,15,20H,2-6,19H2,1H3. The van der Waals surface area contributed by atoms with Gasteiger partial charge in [-0.25, -0.2) is 13.2 Å². The average Bonchev–Trinajstić information content (AvgIpc) is 2.46. The first-order valence-electron chi connectivity index (χ1n) is 7.17. The molecule has 2 nitrogen and oxygen atoms in total. The summed E-state index contributed by atoms with van der Waals surface area (Å²) in [7, 11) is 0. The maximum Gasteiger partial charge on any atom is 0.194 e. The van der Waals surface area contributed by atoms with E-state index in [4.69, 9.17) is 5.84 Å². The molecule has 1 unspecified atom stereocenters. The van der Waals surface area contributed by atoms with Crippen LogP contribution >= 0.6 is 0 Å². The monoisotopic (exact) mass is 286 g/mol. The first-order chi connectivity index (χ1) is 9.56. The Hall–Kier alpha value is -1.07. The van der Waals surface area contributed by atoms with Gasteiger partial charge in [-0.05, 0) is 42.4 Å². The minimum Gasteiger partial charge on any atom is -0.271 e. The number of nitrogens with two attached hydrogens (primary N) is 1. The Bertz CT molecular complexity index is 433. The molecule has 0 spiro atoms. The first-order valence-corrected chi connectivity index (χ1v) is 7.17. The van der Waals surface area contributed by atoms with Crippen molar-refractivity contribution in [1.29, 1.82) is 0 Å². The summed E-state index contributed by atoms with van der Waals surface area (Å²) in [4.78, 5) is 0. The zero-order valence-corrected chi connectivity index (χ0v) is 11.6. The van der Waals surface area contributed by atoms with Gasteiger partial charge in [0.1, 0.15) is 0 Å². The molecule has 0 amide bonds. The van der Waals surface area contributed by atoms with Crippen molar-refractivity contribution in [2.24, 2.45) is 17.7 Å². The molecule has 2 rings (SSSR count). The topological polar surface area (TPSA) is 38.0 Å². The average molecular weight is 286 g/mol. The fraction of sp³-hybridized carbons (Fsp3) is 0.600. The molecule has 1 aromatic rings. The van der Waals surface area contributed by atoms with Crippen molar-refractivity contribution >= 4 is 0 Å². The van der Waals surface area contributed by atoms with Crippen molar-refractivity contribution in [3.05, 3.63) is 35.1 Å². The van der Waals surface area contributed by atoms with Crippen LogP contribution in [0.2, 0.25) is 0 Å². The normalized spacial score (nSPS) is 24.6. The lowest BCUT2D eigenvalue weighted by molar-refractivity contribution is 0.218. The van der Waals surface area contributed by atoms with Crippen LogP contribution < -0.4 is 11.3 Å². The number of nitrogens with one attached hydrogen (secondary N) is 1. The number of halogens is 3. The lowest BCUT2D eigenvalue weighted by Gasteiger charge is -2.33. The van der Waals surface area contributed by atoms with E-state index in [0.717, 1.165) is 50.2 Å². The van der Waals surface area contributed by atoms with E-state index in [1.54, 1.807) is 0 Å². The number of rotatable bonds is 4. The smallest absolute Gasteiger partial charge is 0.194 e. The van der Waals surface area contributed by atoms with Crippen LogP contribution in [0.15, 0.2) is 12.1 Å². The highest BCUT2D eigenvalue weighted by molar-refractivity contribution is 5.23. The third-order valence-electron chi connectivity index (χ3n) is 4.48.